The van der Waals surface area contributed by atoms with E-state index in [9.17, 15) is 9.90 Å². The van der Waals surface area contributed by atoms with Crippen molar-refractivity contribution in [1.82, 2.24) is 0 Å². The molecule has 4 aliphatic rings. The Bertz CT molecular complexity index is 607. The predicted octanol–water partition coefficient (Wildman–Crippen LogP) is 4.66. The van der Waals surface area contributed by atoms with Crippen molar-refractivity contribution in [2.24, 2.45) is 35.0 Å². The van der Waals surface area contributed by atoms with E-state index in [-0.39, 0.29) is 12.1 Å². The van der Waals surface area contributed by atoms with Crippen LogP contribution in [0.2, 0.25) is 0 Å². The van der Waals surface area contributed by atoms with Gasteiger partial charge >= 0.3 is 5.97 Å². The van der Waals surface area contributed by atoms with Gasteiger partial charge in [0.25, 0.3) is 0 Å². The summed E-state index contributed by atoms with van der Waals surface area (Å²) in [6, 6.07) is 0. The zero-order valence-electron chi connectivity index (χ0n) is 16.3. The number of esters is 1. The van der Waals surface area contributed by atoms with Gasteiger partial charge in [0, 0.05) is 6.08 Å². The highest BCUT2D eigenvalue weighted by Crippen LogP contribution is 2.63. The van der Waals surface area contributed by atoms with Crippen molar-refractivity contribution in [3.63, 3.8) is 0 Å². The molecule has 0 bridgehead atoms. The number of aliphatic hydroxyl groups excluding tert-OH is 1. The molecule has 0 aromatic rings. The Hall–Kier alpha value is -1.09. The highest BCUT2D eigenvalue weighted by Gasteiger charge is 2.54. The summed E-state index contributed by atoms with van der Waals surface area (Å²) in [4.78, 5) is 11.3. The van der Waals surface area contributed by atoms with Gasteiger partial charge in [-0.15, -0.1) is 0 Å². The smallest absolute Gasteiger partial charge is 0.330 e. The molecule has 3 nitrogen and oxygen atoms in total. The average molecular weight is 359 g/mol. The van der Waals surface area contributed by atoms with Crippen molar-refractivity contribution in [2.75, 3.05) is 7.11 Å². The Morgan fingerprint density at radius 2 is 2.04 bits per heavy atom. The molecule has 7 unspecified atom stereocenters. The largest absolute Gasteiger partial charge is 0.466 e. The summed E-state index contributed by atoms with van der Waals surface area (Å²) in [6.07, 6.45) is 16.8. The Labute approximate surface area is 157 Å². The van der Waals surface area contributed by atoms with Gasteiger partial charge in [-0.05, 0) is 92.8 Å². The molecule has 7 atom stereocenters. The third-order valence-corrected chi connectivity index (χ3v) is 8.46. The zero-order chi connectivity index (χ0) is 18.3. The molecule has 4 aliphatic carbocycles. The first-order valence-corrected chi connectivity index (χ1v) is 10.6. The number of hydrogen-bond acceptors (Lipinski definition) is 3. The van der Waals surface area contributed by atoms with E-state index in [1.165, 1.54) is 45.6 Å². The summed E-state index contributed by atoms with van der Waals surface area (Å²) < 4.78 is 4.71. The first kappa shape index (κ1) is 18.3. The van der Waals surface area contributed by atoms with Gasteiger partial charge in [-0.3, -0.25) is 0 Å². The number of aliphatic hydroxyl groups is 1. The van der Waals surface area contributed by atoms with E-state index in [0.29, 0.717) is 5.41 Å². The average Bonchev–Trinajstić information content (AvgIpc) is 2.97. The van der Waals surface area contributed by atoms with Crippen LogP contribution in [-0.4, -0.2) is 24.3 Å². The van der Waals surface area contributed by atoms with E-state index in [2.05, 4.69) is 13.0 Å². The third kappa shape index (κ3) is 3.06. The Kier molecular flexibility index (Phi) is 5.02. The van der Waals surface area contributed by atoms with Gasteiger partial charge in [-0.1, -0.05) is 24.6 Å². The maximum absolute atomic E-state index is 11.3. The van der Waals surface area contributed by atoms with Crippen LogP contribution in [0.15, 0.2) is 23.8 Å². The second-order valence-electron chi connectivity index (χ2n) is 9.45. The van der Waals surface area contributed by atoms with E-state index >= 15 is 0 Å². The van der Waals surface area contributed by atoms with E-state index in [1.807, 2.05) is 6.08 Å². The van der Waals surface area contributed by atoms with Crippen LogP contribution in [0.1, 0.15) is 64.7 Å². The van der Waals surface area contributed by atoms with Crippen molar-refractivity contribution in [3.05, 3.63) is 23.8 Å². The molecule has 0 radical (unpaired) electrons. The number of carbonyl (C=O) groups excluding carboxylic acids is 1. The molecule has 0 heterocycles. The first-order chi connectivity index (χ1) is 12.5. The number of ether oxygens (including phenoxy) is 1. The van der Waals surface area contributed by atoms with Crippen LogP contribution < -0.4 is 0 Å². The lowest BCUT2D eigenvalue weighted by atomic mass is 9.49. The van der Waals surface area contributed by atoms with E-state index in [0.717, 1.165) is 48.9 Å². The van der Waals surface area contributed by atoms with Crippen LogP contribution in [0.25, 0.3) is 0 Å². The van der Waals surface area contributed by atoms with E-state index in [4.69, 9.17) is 4.74 Å². The quantitative estimate of drug-likeness (QED) is 0.453. The molecule has 3 saturated carbocycles. The molecule has 0 aliphatic heterocycles. The number of carbonyl (C=O) groups is 1. The van der Waals surface area contributed by atoms with Gasteiger partial charge in [-0.25, -0.2) is 4.79 Å². The minimum atomic E-state index is -0.258. The van der Waals surface area contributed by atoms with Gasteiger partial charge in [0.2, 0.25) is 0 Å². The molecular formula is C23H34O3. The summed E-state index contributed by atoms with van der Waals surface area (Å²) in [6.45, 7) is 2.48. The summed E-state index contributed by atoms with van der Waals surface area (Å²) >= 11 is 0. The molecule has 3 heteroatoms. The van der Waals surface area contributed by atoms with Gasteiger partial charge < -0.3 is 9.84 Å². The second-order valence-corrected chi connectivity index (χ2v) is 9.45. The molecule has 4 rings (SSSR count). The Morgan fingerprint density at radius 1 is 1.23 bits per heavy atom. The number of rotatable bonds is 3. The fourth-order valence-electron chi connectivity index (χ4n) is 7.15. The first-order valence-electron chi connectivity index (χ1n) is 10.6. The summed E-state index contributed by atoms with van der Waals surface area (Å²) in [5.74, 6) is 3.93. The SMILES string of the molecule is COC(=O)/C=C/CC1=CCC2C3CCC4CC(O)CCC4C3CCC12C. The fraction of sp³-hybridized carbons (Fsp3) is 0.783. The summed E-state index contributed by atoms with van der Waals surface area (Å²) in [7, 11) is 1.43. The molecule has 144 valence electrons. The van der Waals surface area contributed by atoms with Crippen LogP contribution >= 0.6 is 0 Å². The van der Waals surface area contributed by atoms with E-state index in [1.54, 1.807) is 11.6 Å². The zero-order valence-corrected chi connectivity index (χ0v) is 16.3. The molecule has 1 N–H and O–H groups in total. The predicted molar refractivity (Wildman–Crippen MR) is 102 cm³/mol. The molecule has 0 saturated heterocycles. The van der Waals surface area contributed by atoms with Gasteiger partial charge in [0.05, 0.1) is 13.2 Å². The Morgan fingerprint density at radius 3 is 2.85 bits per heavy atom. The lowest BCUT2D eigenvalue weighted by Crippen LogP contribution is -2.48. The highest BCUT2D eigenvalue weighted by atomic mass is 16.5. The minimum absolute atomic E-state index is 0.0389. The van der Waals surface area contributed by atoms with Crippen molar-refractivity contribution in [1.29, 1.82) is 0 Å². The van der Waals surface area contributed by atoms with Crippen molar-refractivity contribution in [3.8, 4) is 0 Å². The maximum Gasteiger partial charge on any atom is 0.330 e. The fourth-order valence-corrected chi connectivity index (χ4v) is 7.15. The lowest BCUT2D eigenvalue weighted by Gasteiger charge is -2.55. The molecule has 0 aromatic carbocycles. The second kappa shape index (κ2) is 7.14. The summed E-state index contributed by atoms with van der Waals surface area (Å²) in [5, 5.41) is 10.1. The van der Waals surface area contributed by atoms with Crippen LogP contribution in [0.5, 0.6) is 0 Å². The summed E-state index contributed by atoms with van der Waals surface area (Å²) in [5.41, 5.74) is 1.87. The molecular weight excluding hydrogens is 324 g/mol. The molecule has 0 aromatic heterocycles. The third-order valence-electron chi connectivity index (χ3n) is 8.46. The Balaban J connectivity index is 1.45. The number of hydrogen-bond donors (Lipinski definition) is 1. The standard InChI is InChI=1S/C23H34O3/c1-23-13-12-19-18-10-8-17(24)14-15(18)6-9-20(19)21(23)11-7-16(23)4-3-5-22(25)26-2/h3,5,7,15,17-21,24H,4,6,8-14H2,1-2H3/b5-3+. The topological polar surface area (TPSA) is 46.5 Å². The number of methoxy groups -OCH3 is 1. The molecule has 0 amide bonds. The normalized spacial score (nSPS) is 44.8. The van der Waals surface area contributed by atoms with Crippen molar-refractivity contribution in [2.45, 2.75) is 70.8 Å². The van der Waals surface area contributed by atoms with Crippen LogP contribution in [-0.2, 0) is 9.53 Å². The molecule has 26 heavy (non-hydrogen) atoms. The monoisotopic (exact) mass is 358 g/mol. The highest BCUT2D eigenvalue weighted by molar-refractivity contribution is 5.81. The molecule has 3 fully saturated rings. The maximum atomic E-state index is 11.3. The number of allylic oxidation sites excluding steroid dienone is 3. The minimum Gasteiger partial charge on any atom is -0.466 e. The van der Waals surface area contributed by atoms with Crippen LogP contribution in [0, 0.1) is 35.0 Å². The van der Waals surface area contributed by atoms with Gasteiger partial charge in [0.1, 0.15) is 0 Å². The number of fused-ring (bicyclic) bond motifs is 5. The van der Waals surface area contributed by atoms with Crippen molar-refractivity contribution >= 4 is 5.97 Å². The van der Waals surface area contributed by atoms with E-state index < -0.39 is 0 Å². The van der Waals surface area contributed by atoms with Crippen molar-refractivity contribution < 1.29 is 14.6 Å². The van der Waals surface area contributed by atoms with Crippen LogP contribution in [0.4, 0.5) is 0 Å². The van der Waals surface area contributed by atoms with Gasteiger partial charge in [-0.2, -0.15) is 0 Å². The van der Waals surface area contributed by atoms with Crippen LogP contribution in [0.3, 0.4) is 0 Å². The van der Waals surface area contributed by atoms with Gasteiger partial charge in [0.15, 0.2) is 0 Å². The lowest BCUT2D eigenvalue weighted by molar-refractivity contribution is -0.134. The molecule has 0 spiro atoms.